The van der Waals surface area contributed by atoms with Crippen molar-refractivity contribution in [3.05, 3.63) is 12.0 Å². The van der Waals surface area contributed by atoms with Gasteiger partial charge in [-0.05, 0) is 50.0 Å². The van der Waals surface area contributed by atoms with Crippen LogP contribution in [0.5, 0.6) is 0 Å². The third-order valence-electron chi connectivity index (χ3n) is 5.17. The summed E-state index contributed by atoms with van der Waals surface area (Å²) in [6, 6.07) is 2.23. The maximum absolute atomic E-state index is 6.69. The molecule has 1 heterocycles. The van der Waals surface area contributed by atoms with Gasteiger partial charge in [-0.1, -0.05) is 27.2 Å². The van der Waals surface area contributed by atoms with Crippen LogP contribution in [0, 0.1) is 17.8 Å². The molecule has 0 spiro atoms. The molecule has 1 aliphatic heterocycles. The number of hydrogen-bond acceptors (Lipinski definition) is 3. The molecule has 0 N–H and O–H groups in total. The predicted molar refractivity (Wildman–Crippen MR) is 88.1 cm³/mol. The fourth-order valence-corrected chi connectivity index (χ4v) is 6.45. The third-order valence-corrected chi connectivity index (χ3v) is 8.70. The Morgan fingerprint density at radius 2 is 1.95 bits per heavy atom. The van der Waals surface area contributed by atoms with Crippen molar-refractivity contribution < 1.29 is 13.6 Å². The Labute approximate surface area is 131 Å². The summed E-state index contributed by atoms with van der Waals surface area (Å²) in [4.78, 5) is 0. The molecule has 0 unspecified atom stereocenters. The molecule has 0 aromatic heterocycles. The fourth-order valence-electron chi connectivity index (χ4n) is 3.64. The zero-order valence-electron chi connectivity index (χ0n) is 14.4. The summed E-state index contributed by atoms with van der Waals surface area (Å²) in [7, 11) is -0.370. The first kappa shape index (κ1) is 16.9. The molecule has 2 aliphatic rings. The molecule has 2 rings (SSSR count). The largest absolute Gasteiger partial charge is 0.494 e. The van der Waals surface area contributed by atoms with Crippen molar-refractivity contribution >= 4 is 8.56 Å². The molecule has 3 atom stereocenters. The van der Waals surface area contributed by atoms with Gasteiger partial charge in [-0.25, -0.2) is 0 Å². The minimum Gasteiger partial charge on any atom is -0.494 e. The lowest BCUT2D eigenvalue weighted by Gasteiger charge is -2.45. The van der Waals surface area contributed by atoms with E-state index in [0.717, 1.165) is 18.0 Å². The van der Waals surface area contributed by atoms with E-state index >= 15 is 0 Å². The second-order valence-corrected chi connectivity index (χ2v) is 10.4. The van der Waals surface area contributed by atoms with Crippen molar-refractivity contribution in [3.63, 3.8) is 0 Å². The molecule has 1 aliphatic carbocycles. The molecule has 2 fully saturated rings. The highest BCUT2D eigenvalue weighted by molar-refractivity contribution is 6.70. The van der Waals surface area contributed by atoms with E-state index in [-0.39, 0.29) is 0 Å². The topological polar surface area (TPSA) is 27.7 Å². The Bertz CT molecular complexity index is 363. The van der Waals surface area contributed by atoms with Gasteiger partial charge >= 0.3 is 8.56 Å². The maximum atomic E-state index is 6.69. The highest BCUT2D eigenvalue weighted by Crippen LogP contribution is 2.42. The summed E-state index contributed by atoms with van der Waals surface area (Å²) in [6.07, 6.45) is 7.36. The summed E-state index contributed by atoms with van der Waals surface area (Å²) in [5.74, 6) is 2.80. The van der Waals surface area contributed by atoms with Gasteiger partial charge in [0, 0.05) is 12.1 Å². The highest BCUT2D eigenvalue weighted by Gasteiger charge is 2.50. The Morgan fingerprint density at radius 1 is 1.24 bits per heavy atom. The van der Waals surface area contributed by atoms with Crippen molar-refractivity contribution in [1.82, 2.24) is 0 Å². The fraction of sp³-hybridized carbons (Fsp3) is 0.882. The molecule has 4 heteroatoms. The Kier molecular flexibility index (Phi) is 5.78. The summed E-state index contributed by atoms with van der Waals surface area (Å²) in [5, 5.41) is 0. The van der Waals surface area contributed by atoms with Gasteiger partial charge in [-0.3, -0.25) is 0 Å². The van der Waals surface area contributed by atoms with Crippen LogP contribution in [0.4, 0.5) is 0 Å². The van der Waals surface area contributed by atoms with Gasteiger partial charge in [-0.2, -0.15) is 0 Å². The highest BCUT2D eigenvalue weighted by atomic mass is 28.4. The summed E-state index contributed by atoms with van der Waals surface area (Å²) in [6.45, 7) is 8.98. The van der Waals surface area contributed by atoms with Crippen molar-refractivity contribution in [2.75, 3.05) is 7.11 Å². The minimum atomic E-state index is -2.05. The molecule has 122 valence electrons. The summed E-state index contributed by atoms with van der Waals surface area (Å²) < 4.78 is 18.2. The molecular weight excluding hydrogens is 280 g/mol. The summed E-state index contributed by atoms with van der Waals surface area (Å²) >= 11 is 0. The van der Waals surface area contributed by atoms with Gasteiger partial charge in [0.05, 0.1) is 13.2 Å². The molecule has 21 heavy (non-hydrogen) atoms. The molecule has 0 bridgehead atoms. The zero-order chi connectivity index (χ0) is 15.5. The van der Waals surface area contributed by atoms with Gasteiger partial charge < -0.3 is 13.6 Å². The average molecular weight is 313 g/mol. The first-order valence-electron chi connectivity index (χ1n) is 8.57. The van der Waals surface area contributed by atoms with Crippen molar-refractivity contribution in [3.8, 4) is 0 Å². The van der Waals surface area contributed by atoms with Crippen LogP contribution in [0.15, 0.2) is 12.0 Å². The molecule has 0 radical (unpaired) electrons. The molecule has 0 aromatic carbocycles. The van der Waals surface area contributed by atoms with Crippen molar-refractivity contribution in [2.45, 2.75) is 71.6 Å². The lowest BCUT2D eigenvalue weighted by molar-refractivity contribution is 0.000388. The number of hydrogen-bond donors (Lipinski definition) is 0. The van der Waals surface area contributed by atoms with E-state index < -0.39 is 8.56 Å². The molecule has 1 saturated heterocycles. The van der Waals surface area contributed by atoms with Crippen LogP contribution in [0.2, 0.25) is 12.1 Å². The molecule has 3 nitrogen and oxygen atoms in total. The van der Waals surface area contributed by atoms with E-state index in [2.05, 4.69) is 20.8 Å². The van der Waals surface area contributed by atoms with E-state index in [9.17, 15) is 0 Å². The average Bonchev–Trinajstić information content (AvgIpc) is 2.41. The number of ether oxygens (including phenoxy) is 1. The predicted octanol–water partition coefficient (Wildman–Crippen LogP) is 4.83. The second kappa shape index (κ2) is 7.19. The third kappa shape index (κ3) is 4.04. The van der Waals surface area contributed by atoms with Crippen LogP contribution in [0.1, 0.15) is 53.4 Å². The first-order valence-corrected chi connectivity index (χ1v) is 10.8. The Morgan fingerprint density at radius 3 is 2.43 bits per heavy atom. The number of methoxy groups -OCH3 is 1. The second-order valence-electron chi connectivity index (χ2n) is 7.16. The van der Waals surface area contributed by atoms with E-state index in [0.29, 0.717) is 23.9 Å². The monoisotopic (exact) mass is 312 g/mol. The quantitative estimate of drug-likeness (QED) is 0.519. The number of rotatable bonds is 6. The molecule has 1 saturated carbocycles. The van der Waals surface area contributed by atoms with E-state index in [1.807, 2.05) is 13.0 Å². The van der Waals surface area contributed by atoms with Gasteiger partial charge in [0.25, 0.3) is 5.95 Å². The van der Waals surface area contributed by atoms with E-state index in [4.69, 9.17) is 13.6 Å². The van der Waals surface area contributed by atoms with Gasteiger partial charge in [0.1, 0.15) is 0 Å². The molecule has 0 amide bonds. The Balaban J connectivity index is 2.05. The van der Waals surface area contributed by atoms with Crippen LogP contribution < -0.4 is 0 Å². The smallest absolute Gasteiger partial charge is 0.401 e. The SMILES string of the molecule is C/C=C(\OC)O[Si]1(O[C@@H]2C[C@H](C)CC[C@H]2C(C)C)CCC1. The standard InChI is InChI=1S/C17H32O3Si/c1-6-17(18-5)20-21(10-7-11-21)19-16-12-14(4)8-9-15(16)13(2)3/h6,13-16H,7-12H2,1-5H3/b17-6+/t14-,15+,16-/m1/s1. The zero-order valence-corrected chi connectivity index (χ0v) is 15.4. The van der Waals surface area contributed by atoms with E-state index in [1.165, 1.54) is 25.7 Å². The maximum Gasteiger partial charge on any atom is 0.401 e. The van der Waals surface area contributed by atoms with Crippen LogP contribution in [-0.2, 0) is 13.6 Å². The van der Waals surface area contributed by atoms with Crippen LogP contribution in [0.25, 0.3) is 0 Å². The van der Waals surface area contributed by atoms with E-state index in [1.54, 1.807) is 7.11 Å². The first-order chi connectivity index (χ1) is 9.99. The van der Waals surface area contributed by atoms with Crippen LogP contribution in [0.3, 0.4) is 0 Å². The number of allylic oxidation sites excluding steroid dienone is 1. The summed E-state index contributed by atoms with van der Waals surface area (Å²) in [5.41, 5.74) is 0. The normalized spacial score (nSPS) is 32.7. The lowest BCUT2D eigenvalue weighted by Crippen LogP contribution is -2.53. The Hall–Kier alpha value is -0.483. The van der Waals surface area contributed by atoms with Crippen molar-refractivity contribution in [2.24, 2.45) is 17.8 Å². The van der Waals surface area contributed by atoms with Crippen LogP contribution >= 0.6 is 0 Å². The van der Waals surface area contributed by atoms with Crippen molar-refractivity contribution in [1.29, 1.82) is 0 Å². The van der Waals surface area contributed by atoms with Gasteiger partial charge in [0.15, 0.2) is 0 Å². The minimum absolute atomic E-state index is 0.385. The molecule has 0 aromatic rings. The van der Waals surface area contributed by atoms with Gasteiger partial charge in [0.2, 0.25) is 0 Å². The molecular formula is C17H32O3Si. The van der Waals surface area contributed by atoms with Gasteiger partial charge in [-0.15, -0.1) is 0 Å². The lowest BCUT2D eigenvalue weighted by atomic mass is 9.75. The van der Waals surface area contributed by atoms with Crippen LogP contribution in [-0.4, -0.2) is 21.8 Å².